The van der Waals surface area contributed by atoms with Gasteiger partial charge in [0.25, 0.3) is 0 Å². The highest BCUT2D eigenvalue weighted by molar-refractivity contribution is 5.91. The molecule has 1 saturated heterocycles. The van der Waals surface area contributed by atoms with E-state index in [-0.39, 0.29) is 19.1 Å². The zero-order valence-corrected chi connectivity index (χ0v) is 14.8. The smallest absolute Gasteiger partial charge is 0.222 e. The summed E-state index contributed by atoms with van der Waals surface area (Å²) in [7, 11) is 0. The molecule has 0 unspecified atom stereocenters. The van der Waals surface area contributed by atoms with Crippen LogP contribution in [-0.2, 0) is 15.2 Å². The van der Waals surface area contributed by atoms with E-state index in [1.807, 2.05) is 0 Å². The average Bonchev–Trinajstić information content (AvgIpc) is 3.40. The summed E-state index contributed by atoms with van der Waals surface area (Å²) in [5.74, 6) is 1.20. The van der Waals surface area contributed by atoms with E-state index in [0.717, 1.165) is 29.4 Å². The number of anilines is 1. The molecule has 8 heteroatoms. The second-order valence-corrected chi connectivity index (χ2v) is 7.18. The van der Waals surface area contributed by atoms with Crippen molar-refractivity contribution in [3.8, 4) is 5.82 Å². The Morgan fingerprint density at radius 1 is 1.37 bits per heavy atom. The molecule has 0 aromatic carbocycles. The standard InChI is InChI=1S/C19H18FN5O2/c1-11(26)22-16-7-14-13(8-21-16)18(12-5-6-12)24-25(14)17-4-2-3-15(23-17)19(20)9-27-10-19/h2-4,7-8,12H,5-6,9-10H2,1H3,(H,21,22,26). The van der Waals surface area contributed by atoms with Crippen LogP contribution in [0, 0.1) is 0 Å². The van der Waals surface area contributed by atoms with Crippen molar-refractivity contribution >= 4 is 22.6 Å². The van der Waals surface area contributed by atoms with Gasteiger partial charge in [-0.15, -0.1) is 0 Å². The maximum Gasteiger partial charge on any atom is 0.222 e. The van der Waals surface area contributed by atoms with Gasteiger partial charge in [-0.25, -0.2) is 19.0 Å². The first-order valence-corrected chi connectivity index (χ1v) is 8.94. The van der Waals surface area contributed by atoms with E-state index in [0.29, 0.717) is 23.2 Å². The Kier molecular flexibility index (Phi) is 3.51. The molecule has 1 aliphatic carbocycles. The summed E-state index contributed by atoms with van der Waals surface area (Å²) in [5.41, 5.74) is 0.569. The molecule has 0 spiro atoms. The van der Waals surface area contributed by atoms with Crippen molar-refractivity contribution in [2.75, 3.05) is 18.5 Å². The maximum absolute atomic E-state index is 14.7. The summed E-state index contributed by atoms with van der Waals surface area (Å²) in [6.45, 7) is 1.48. The van der Waals surface area contributed by atoms with Crippen LogP contribution in [0.2, 0.25) is 0 Å². The Morgan fingerprint density at radius 3 is 2.85 bits per heavy atom. The molecule has 5 rings (SSSR count). The quantitative estimate of drug-likeness (QED) is 0.767. The van der Waals surface area contributed by atoms with Crippen molar-refractivity contribution < 1.29 is 13.9 Å². The topological polar surface area (TPSA) is 81.9 Å². The molecule has 2 aliphatic rings. The number of carbonyl (C=O) groups is 1. The third-order valence-corrected chi connectivity index (χ3v) is 4.93. The van der Waals surface area contributed by atoms with Gasteiger partial charge in [-0.05, 0) is 25.0 Å². The number of ether oxygens (including phenoxy) is 1. The Hall–Kier alpha value is -2.87. The first kappa shape index (κ1) is 16.3. The lowest BCUT2D eigenvalue weighted by molar-refractivity contribution is -0.137. The fourth-order valence-corrected chi connectivity index (χ4v) is 3.33. The van der Waals surface area contributed by atoms with E-state index in [2.05, 4.69) is 15.3 Å². The normalized spacial score (nSPS) is 18.3. The second kappa shape index (κ2) is 5.82. The van der Waals surface area contributed by atoms with Crippen LogP contribution in [0.1, 0.15) is 37.1 Å². The molecule has 1 N–H and O–H groups in total. The second-order valence-electron chi connectivity index (χ2n) is 7.18. The van der Waals surface area contributed by atoms with E-state index in [1.165, 1.54) is 6.92 Å². The van der Waals surface area contributed by atoms with Gasteiger partial charge < -0.3 is 10.1 Å². The molecule has 1 aliphatic heterocycles. The van der Waals surface area contributed by atoms with Gasteiger partial charge in [0.1, 0.15) is 5.82 Å². The number of hydrogen-bond acceptors (Lipinski definition) is 5. The number of halogens is 1. The van der Waals surface area contributed by atoms with Crippen LogP contribution in [0.25, 0.3) is 16.7 Å². The minimum atomic E-state index is -1.54. The molecule has 7 nitrogen and oxygen atoms in total. The van der Waals surface area contributed by atoms with Crippen LogP contribution < -0.4 is 5.32 Å². The molecule has 138 valence electrons. The molecule has 4 heterocycles. The summed E-state index contributed by atoms with van der Waals surface area (Å²) < 4.78 is 21.5. The Balaban J connectivity index is 1.65. The molecule has 2 fully saturated rings. The van der Waals surface area contributed by atoms with Gasteiger partial charge in [0.05, 0.1) is 30.1 Å². The monoisotopic (exact) mass is 367 g/mol. The van der Waals surface area contributed by atoms with Gasteiger partial charge in [0, 0.05) is 30.5 Å². The lowest BCUT2D eigenvalue weighted by Gasteiger charge is -2.33. The minimum absolute atomic E-state index is 0.0211. The lowest BCUT2D eigenvalue weighted by atomic mass is 9.99. The number of pyridine rings is 2. The van der Waals surface area contributed by atoms with E-state index in [9.17, 15) is 9.18 Å². The average molecular weight is 367 g/mol. The summed E-state index contributed by atoms with van der Waals surface area (Å²) in [4.78, 5) is 20.2. The van der Waals surface area contributed by atoms with Gasteiger partial charge in [-0.3, -0.25) is 4.79 Å². The van der Waals surface area contributed by atoms with E-state index in [4.69, 9.17) is 9.84 Å². The van der Waals surface area contributed by atoms with Gasteiger partial charge in [-0.1, -0.05) is 6.07 Å². The first-order chi connectivity index (χ1) is 13.0. The highest BCUT2D eigenvalue weighted by atomic mass is 19.1. The fraction of sp³-hybridized carbons (Fsp3) is 0.368. The van der Waals surface area contributed by atoms with Gasteiger partial charge in [0.2, 0.25) is 5.91 Å². The number of nitrogens with one attached hydrogen (secondary N) is 1. The highest BCUT2D eigenvalue weighted by Gasteiger charge is 2.42. The molecule has 0 radical (unpaired) electrons. The van der Waals surface area contributed by atoms with Crippen molar-refractivity contribution in [3.05, 3.63) is 41.9 Å². The zero-order valence-electron chi connectivity index (χ0n) is 14.8. The first-order valence-electron chi connectivity index (χ1n) is 8.94. The summed E-state index contributed by atoms with van der Waals surface area (Å²) >= 11 is 0. The molecule has 3 aromatic rings. The Morgan fingerprint density at radius 2 is 2.19 bits per heavy atom. The van der Waals surface area contributed by atoms with Crippen molar-refractivity contribution in [2.45, 2.75) is 31.4 Å². The summed E-state index contributed by atoms with van der Waals surface area (Å²) in [5, 5.41) is 8.38. The van der Waals surface area contributed by atoms with Crippen LogP contribution in [0.5, 0.6) is 0 Å². The number of aromatic nitrogens is 4. The number of amides is 1. The molecule has 0 bridgehead atoms. The Bertz CT molecular complexity index is 1060. The fourth-order valence-electron chi connectivity index (χ4n) is 3.33. The van der Waals surface area contributed by atoms with Crippen molar-refractivity contribution in [2.24, 2.45) is 0 Å². The number of carbonyl (C=O) groups excluding carboxylic acids is 1. The SMILES string of the molecule is CC(=O)Nc1cc2c(cn1)c(C1CC1)nn2-c1cccc(C2(F)COC2)n1. The number of alkyl halides is 1. The number of hydrogen-bond donors (Lipinski definition) is 1. The molecule has 1 amide bonds. The third kappa shape index (κ3) is 2.76. The number of nitrogens with zero attached hydrogens (tertiary/aromatic N) is 4. The molecular weight excluding hydrogens is 349 g/mol. The zero-order chi connectivity index (χ0) is 18.6. The van der Waals surface area contributed by atoms with Crippen LogP contribution in [0.4, 0.5) is 10.2 Å². The molecule has 0 atom stereocenters. The van der Waals surface area contributed by atoms with E-state index >= 15 is 0 Å². The Labute approximate surface area is 154 Å². The van der Waals surface area contributed by atoms with Crippen molar-refractivity contribution in [1.29, 1.82) is 0 Å². The van der Waals surface area contributed by atoms with Gasteiger partial charge in [0.15, 0.2) is 11.5 Å². The lowest BCUT2D eigenvalue weighted by Crippen LogP contribution is -2.43. The van der Waals surface area contributed by atoms with Gasteiger partial charge >= 0.3 is 0 Å². The maximum atomic E-state index is 14.7. The number of rotatable bonds is 4. The highest BCUT2D eigenvalue weighted by Crippen LogP contribution is 2.43. The van der Waals surface area contributed by atoms with Crippen LogP contribution in [0.15, 0.2) is 30.5 Å². The number of fused-ring (bicyclic) bond motifs is 1. The minimum Gasteiger partial charge on any atom is -0.374 e. The van der Waals surface area contributed by atoms with Gasteiger partial charge in [-0.2, -0.15) is 5.10 Å². The summed E-state index contributed by atoms with van der Waals surface area (Å²) in [6.07, 6.45) is 3.92. The van der Waals surface area contributed by atoms with E-state index in [1.54, 1.807) is 35.1 Å². The molecule has 27 heavy (non-hydrogen) atoms. The summed E-state index contributed by atoms with van der Waals surface area (Å²) in [6, 6.07) is 7.02. The van der Waals surface area contributed by atoms with Crippen molar-refractivity contribution in [3.63, 3.8) is 0 Å². The third-order valence-electron chi connectivity index (χ3n) is 4.93. The van der Waals surface area contributed by atoms with Crippen LogP contribution in [0.3, 0.4) is 0 Å². The van der Waals surface area contributed by atoms with Crippen molar-refractivity contribution in [1.82, 2.24) is 19.7 Å². The van der Waals surface area contributed by atoms with Crippen LogP contribution in [-0.4, -0.2) is 38.9 Å². The largest absolute Gasteiger partial charge is 0.374 e. The predicted octanol–water partition coefficient (Wildman–Crippen LogP) is 2.85. The molecular formula is C19H18FN5O2. The molecule has 3 aromatic heterocycles. The predicted molar refractivity (Wildman–Crippen MR) is 96.5 cm³/mol. The van der Waals surface area contributed by atoms with Crippen LogP contribution >= 0.6 is 0 Å². The molecule has 1 saturated carbocycles. The van der Waals surface area contributed by atoms with E-state index < -0.39 is 5.67 Å².